The number of carbonyl (C=O) groups is 2. The van der Waals surface area contributed by atoms with Gasteiger partial charge in [-0.15, -0.1) is 0 Å². The molecule has 0 aliphatic carbocycles. The molecule has 1 aromatic carbocycles. The number of nitrogens with zero attached hydrogens (tertiary/aromatic N) is 3. The summed E-state index contributed by atoms with van der Waals surface area (Å²) in [5.74, 6) is -1.08. The summed E-state index contributed by atoms with van der Waals surface area (Å²) in [5, 5.41) is 9.46. The Hall–Kier alpha value is -3.33. The van der Waals surface area contributed by atoms with Crippen molar-refractivity contribution in [1.82, 2.24) is 4.57 Å². The molecular formula is C24H27N3O3. The van der Waals surface area contributed by atoms with Crippen LogP contribution in [0.25, 0.3) is 6.08 Å². The Morgan fingerprint density at radius 3 is 2.73 bits per heavy atom. The van der Waals surface area contributed by atoms with Gasteiger partial charge in [0.05, 0.1) is 0 Å². The van der Waals surface area contributed by atoms with Crippen molar-refractivity contribution in [2.45, 2.75) is 53.1 Å². The lowest BCUT2D eigenvalue weighted by atomic mass is 10.1. The molecule has 6 heteroatoms. The summed E-state index contributed by atoms with van der Waals surface area (Å²) < 4.78 is 7.36. The van der Waals surface area contributed by atoms with Crippen molar-refractivity contribution in [2.24, 2.45) is 0 Å². The number of fused-ring (bicyclic) bond motifs is 1. The van der Waals surface area contributed by atoms with Gasteiger partial charge in [-0.25, -0.2) is 4.79 Å². The number of ether oxygens (including phenoxy) is 1. The summed E-state index contributed by atoms with van der Waals surface area (Å²) in [6.45, 7) is 8.51. The molecule has 2 aromatic rings. The number of carbonyl (C=O) groups excluding carboxylic acids is 2. The Bertz CT molecular complexity index is 1040. The molecule has 1 aliphatic rings. The van der Waals surface area contributed by atoms with E-state index in [-0.39, 0.29) is 17.5 Å². The number of hydrogen-bond donors (Lipinski definition) is 0. The van der Waals surface area contributed by atoms with Gasteiger partial charge in [0.25, 0.3) is 5.91 Å². The van der Waals surface area contributed by atoms with Crippen LogP contribution in [0.4, 0.5) is 5.69 Å². The quantitative estimate of drug-likeness (QED) is 0.414. The van der Waals surface area contributed by atoms with Gasteiger partial charge in [-0.3, -0.25) is 4.79 Å². The monoisotopic (exact) mass is 405 g/mol. The van der Waals surface area contributed by atoms with Gasteiger partial charge in [0.15, 0.2) is 6.61 Å². The lowest BCUT2D eigenvalue weighted by molar-refractivity contribution is -0.143. The minimum Gasteiger partial charge on any atom is -0.451 e. The van der Waals surface area contributed by atoms with Gasteiger partial charge in [-0.2, -0.15) is 5.26 Å². The predicted octanol–water partition coefficient (Wildman–Crippen LogP) is 3.94. The van der Waals surface area contributed by atoms with Crippen molar-refractivity contribution < 1.29 is 14.3 Å². The number of esters is 1. The summed E-state index contributed by atoms with van der Waals surface area (Å²) in [7, 11) is 0. The maximum Gasteiger partial charge on any atom is 0.349 e. The third-order valence-corrected chi connectivity index (χ3v) is 5.50. The molecule has 1 aromatic heterocycles. The molecule has 0 radical (unpaired) electrons. The Labute approximate surface area is 177 Å². The summed E-state index contributed by atoms with van der Waals surface area (Å²) in [4.78, 5) is 26.8. The van der Waals surface area contributed by atoms with E-state index in [9.17, 15) is 14.9 Å². The van der Waals surface area contributed by atoms with Gasteiger partial charge in [0.1, 0.15) is 11.6 Å². The predicted molar refractivity (Wildman–Crippen MR) is 116 cm³/mol. The highest BCUT2D eigenvalue weighted by Gasteiger charge is 2.31. The van der Waals surface area contributed by atoms with E-state index in [1.165, 1.54) is 6.08 Å². The van der Waals surface area contributed by atoms with E-state index < -0.39 is 12.6 Å². The topological polar surface area (TPSA) is 75.3 Å². The smallest absolute Gasteiger partial charge is 0.349 e. The third kappa shape index (κ3) is 4.16. The van der Waals surface area contributed by atoms with Crippen LogP contribution in [0.1, 0.15) is 42.8 Å². The molecule has 156 valence electrons. The van der Waals surface area contributed by atoms with Crippen molar-refractivity contribution >= 4 is 23.6 Å². The molecule has 0 spiro atoms. The van der Waals surface area contributed by atoms with Crippen molar-refractivity contribution in [3.05, 3.63) is 58.4 Å². The highest BCUT2D eigenvalue weighted by atomic mass is 16.5. The normalized spacial score (nSPS) is 15.6. The Kier molecular flexibility index (Phi) is 6.41. The van der Waals surface area contributed by atoms with E-state index in [1.807, 2.05) is 57.2 Å². The first-order chi connectivity index (χ1) is 14.4. The van der Waals surface area contributed by atoms with Gasteiger partial charge >= 0.3 is 5.97 Å². The van der Waals surface area contributed by atoms with Gasteiger partial charge in [-0.1, -0.05) is 25.1 Å². The molecule has 0 fully saturated rings. The zero-order valence-electron chi connectivity index (χ0n) is 17.9. The number of nitriles is 1. The van der Waals surface area contributed by atoms with Crippen LogP contribution in [0.3, 0.4) is 0 Å². The van der Waals surface area contributed by atoms with Crippen molar-refractivity contribution in [3.8, 4) is 6.07 Å². The first kappa shape index (κ1) is 21.4. The van der Waals surface area contributed by atoms with Crippen LogP contribution in [0.2, 0.25) is 0 Å². The molecule has 2 heterocycles. The molecule has 3 rings (SSSR count). The van der Waals surface area contributed by atoms with Crippen LogP contribution in [-0.2, 0) is 27.3 Å². The first-order valence-corrected chi connectivity index (χ1v) is 10.2. The molecule has 1 amide bonds. The Morgan fingerprint density at radius 2 is 2.03 bits per heavy atom. The molecule has 0 N–H and O–H groups in total. The maximum absolute atomic E-state index is 12.7. The Balaban J connectivity index is 1.71. The SMILES string of the molecule is CCCn1c(C)cc(/C=C(\C#N)C(=O)OCC(=O)N2c3ccccc3C[C@@H]2C)c1C. The van der Waals surface area contributed by atoms with E-state index in [2.05, 4.69) is 11.5 Å². The summed E-state index contributed by atoms with van der Waals surface area (Å²) in [6.07, 6.45) is 3.30. The fourth-order valence-corrected chi connectivity index (χ4v) is 4.05. The van der Waals surface area contributed by atoms with Crippen LogP contribution >= 0.6 is 0 Å². The standard InChI is InChI=1S/C24H27N3O3/c1-5-10-26-16(2)11-20(18(26)4)13-21(14-25)24(29)30-15-23(28)27-17(3)12-19-8-6-7-9-22(19)27/h6-9,11,13,17H,5,10,12,15H2,1-4H3/b21-13+/t17-/m0/s1. The van der Waals surface area contributed by atoms with Crippen molar-refractivity contribution in [3.63, 3.8) is 0 Å². The van der Waals surface area contributed by atoms with Crippen molar-refractivity contribution in [1.29, 1.82) is 5.26 Å². The van der Waals surface area contributed by atoms with Gasteiger partial charge in [0.2, 0.25) is 0 Å². The summed E-state index contributed by atoms with van der Waals surface area (Å²) in [6, 6.07) is 11.6. The molecule has 0 bridgehead atoms. The number of hydrogen-bond acceptors (Lipinski definition) is 4. The van der Waals surface area contributed by atoms with E-state index in [0.29, 0.717) is 0 Å². The van der Waals surface area contributed by atoms with Crippen LogP contribution in [0.15, 0.2) is 35.9 Å². The molecule has 1 aliphatic heterocycles. The summed E-state index contributed by atoms with van der Waals surface area (Å²) in [5.41, 5.74) is 4.71. The second kappa shape index (κ2) is 9.00. The fraction of sp³-hybridized carbons (Fsp3) is 0.375. The van der Waals surface area contributed by atoms with Gasteiger partial charge in [0, 0.05) is 29.7 Å². The third-order valence-electron chi connectivity index (χ3n) is 5.50. The lowest BCUT2D eigenvalue weighted by Crippen LogP contribution is -2.38. The molecule has 1 atom stereocenters. The zero-order chi connectivity index (χ0) is 21.8. The number of para-hydroxylation sites is 1. The lowest BCUT2D eigenvalue weighted by Gasteiger charge is -2.22. The number of rotatable bonds is 6. The van der Waals surface area contributed by atoms with E-state index in [0.717, 1.165) is 47.6 Å². The average Bonchev–Trinajstić information content (AvgIpc) is 3.20. The van der Waals surface area contributed by atoms with Crippen LogP contribution in [0.5, 0.6) is 0 Å². The fourth-order valence-electron chi connectivity index (χ4n) is 4.05. The number of aromatic nitrogens is 1. The van der Waals surface area contributed by atoms with Crippen LogP contribution in [-0.4, -0.2) is 29.1 Å². The largest absolute Gasteiger partial charge is 0.451 e. The van der Waals surface area contributed by atoms with E-state index >= 15 is 0 Å². The maximum atomic E-state index is 12.7. The molecule has 0 saturated heterocycles. The van der Waals surface area contributed by atoms with Gasteiger partial charge in [-0.05, 0) is 62.9 Å². The first-order valence-electron chi connectivity index (χ1n) is 10.2. The second-order valence-corrected chi connectivity index (χ2v) is 7.67. The van der Waals surface area contributed by atoms with E-state index in [4.69, 9.17) is 4.74 Å². The number of benzene rings is 1. The summed E-state index contributed by atoms with van der Waals surface area (Å²) >= 11 is 0. The zero-order valence-corrected chi connectivity index (χ0v) is 17.9. The van der Waals surface area contributed by atoms with E-state index in [1.54, 1.807) is 4.90 Å². The minimum atomic E-state index is -0.786. The number of amides is 1. The molecular weight excluding hydrogens is 378 g/mol. The van der Waals surface area contributed by atoms with Gasteiger partial charge < -0.3 is 14.2 Å². The minimum absolute atomic E-state index is 0.00327. The molecule has 0 unspecified atom stereocenters. The molecule has 30 heavy (non-hydrogen) atoms. The second-order valence-electron chi connectivity index (χ2n) is 7.67. The van der Waals surface area contributed by atoms with Crippen molar-refractivity contribution in [2.75, 3.05) is 11.5 Å². The average molecular weight is 405 g/mol. The highest BCUT2D eigenvalue weighted by Crippen LogP contribution is 2.31. The molecule has 0 saturated carbocycles. The molecule has 6 nitrogen and oxygen atoms in total. The van der Waals surface area contributed by atoms with Crippen LogP contribution in [0, 0.1) is 25.2 Å². The Morgan fingerprint density at radius 1 is 1.30 bits per heavy atom. The van der Waals surface area contributed by atoms with Crippen LogP contribution < -0.4 is 4.90 Å². The number of anilines is 1. The number of aryl methyl sites for hydroxylation is 1. The highest BCUT2D eigenvalue weighted by molar-refractivity contribution is 6.01.